The van der Waals surface area contributed by atoms with Gasteiger partial charge >= 0.3 is 12.2 Å². The quantitative estimate of drug-likeness (QED) is 0.153. The number of aromatic amines is 1. The molecule has 0 radical (unpaired) electrons. The van der Waals surface area contributed by atoms with Gasteiger partial charge in [-0.05, 0) is 90.6 Å². The first-order valence-electron chi connectivity index (χ1n) is 19.8. The van der Waals surface area contributed by atoms with Crippen molar-refractivity contribution >= 4 is 46.4 Å². The number of rotatable bonds is 10. The zero-order valence-corrected chi connectivity index (χ0v) is 33.5. The molecule has 58 heavy (non-hydrogen) atoms. The fourth-order valence-corrected chi connectivity index (χ4v) is 8.38. The summed E-state index contributed by atoms with van der Waals surface area (Å²) in [5.41, 5.74) is 4.78. The van der Waals surface area contributed by atoms with E-state index in [1.54, 1.807) is 40.1 Å². The van der Waals surface area contributed by atoms with Gasteiger partial charge in [0.2, 0.25) is 11.8 Å². The van der Waals surface area contributed by atoms with Gasteiger partial charge in [-0.3, -0.25) is 14.6 Å². The maximum atomic E-state index is 16.0. The van der Waals surface area contributed by atoms with Gasteiger partial charge < -0.3 is 34.9 Å². The van der Waals surface area contributed by atoms with E-state index in [9.17, 15) is 19.2 Å². The van der Waals surface area contributed by atoms with Gasteiger partial charge in [-0.2, -0.15) is 0 Å². The zero-order valence-electron chi connectivity index (χ0n) is 33.5. The number of H-pyrrole nitrogens is 1. The number of likely N-dealkylation sites (tertiary alicyclic amines) is 2. The number of fused-ring (bicyclic) bond motifs is 2. The topological polar surface area (TPSA) is 158 Å². The fraction of sp³-hybridized carbons (Fsp3) is 0.442. The molecule has 15 heteroatoms. The number of carbonyl (C=O) groups is 4. The number of nitrogens with one attached hydrogen (secondary N) is 3. The average Bonchev–Trinajstić information content (AvgIpc) is 4.03. The Morgan fingerprint density at radius 2 is 1.29 bits per heavy atom. The van der Waals surface area contributed by atoms with Crippen molar-refractivity contribution in [3.63, 3.8) is 0 Å². The number of hydrogen-bond donors (Lipinski definition) is 3. The van der Waals surface area contributed by atoms with Crippen LogP contribution in [-0.4, -0.2) is 94.9 Å². The van der Waals surface area contributed by atoms with E-state index in [0.717, 1.165) is 36.2 Å². The van der Waals surface area contributed by atoms with Gasteiger partial charge in [-0.15, -0.1) is 0 Å². The zero-order chi connectivity index (χ0) is 41.4. The number of methoxy groups -OCH3 is 2. The predicted octanol–water partition coefficient (Wildman–Crippen LogP) is 7.22. The predicted molar refractivity (Wildman–Crippen MR) is 214 cm³/mol. The Morgan fingerprint density at radius 3 is 1.86 bits per heavy atom. The van der Waals surface area contributed by atoms with E-state index in [1.165, 1.54) is 26.4 Å². The Kier molecular flexibility index (Phi) is 11.5. The summed E-state index contributed by atoms with van der Waals surface area (Å²) in [5.74, 6) is -1.36. The molecule has 0 saturated carbocycles. The molecule has 4 atom stereocenters. The Bertz CT molecular complexity index is 2290. The van der Waals surface area contributed by atoms with E-state index in [-0.39, 0.29) is 46.9 Å². The molecule has 306 valence electrons. The lowest BCUT2D eigenvalue weighted by molar-refractivity contribution is -0.135. The third kappa shape index (κ3) is 7.86. The van der Waals surface area contributed by atoms with Crippen LogP contribution < -0.4 is 10.6 Å². The molecule has 2 saturated heterocycles. The Morgan fingerprint density at radius 1 is 0.759 bits per heavy atom. The minimum atomic E-state index is -0.769. The molecule has 7 rings (SSSR count). The summed E-state index contributed by atoms with van der Waals surface area (Å²) in [7, 11) is 2.51. The van der Waals surface area contributed by atoms with Gasteiger partial charge in [0.05, 0.1) is 43.0 Å². The van der Waals surface area contributed by atoms with Crippen LogP contribution in [-0.2, 0) is 25.5 Å². The van der Waals surface area contributed by atoms with Crippen LogP contribution in [0.5, 0.6) is 0 Å². The lowest BCUT2D eigenvalue weighted by atomic mass is 9.95. The van der Waals surface area contributed by atoms with Crippen molar-refractivity contribution in [3.8, 4) is 22.3 Å². The van der Waals surface area contributed by atoms with Crippen molar-refractivity contribution < 1.29 is 37.4 Å². The van der Waals surface area contributed by atoms with Crippen LogP contribution in [0.4, 0.5) is 24.1 Å². The monoisotopic (exact) mass is 797 g/mol. The summed E-state index contributed by atoms with van der Waals surface area (Å²) in [6.07, 6.45) is 2.07. The molecule has 2 fully saturated rings. The van der Waals surface area contributed by atoms with Crippen molar-refractivity contribution in [2.75, 3.05) is 27.3 Å². The number of halogens is 2. The van der Waals surface area contributed by atoms with E-state index < -0.39 is 35.9 Å². The highest BCUT2D eigenvalue weighted by atomic mass is 19.1. The molecule has 3 aliphatic heterocycles. The number of aromatic nitrogens is 2. The summed E-state index contributed by atoms with van der Waals surface area (Å²) < 4.78 is 41.4. The van der Waals surface area contributed by atoms with Crippen molar-refractivity contribution in [3.05, 3.63) is 71.6 Å². The minimum Gasteiger partial charge on any atom is -0.453 e. The Hall–Kier alpha value is -5.86. The maximum absolute atomic E-state index is 16.0. The molecule has 0 spiro atoms. The SMILES string of the molecule is COC(=O)N[C@H](C(=O)N1CCC[C@H]1C1=Nc2ccc(-c3cc(F)c(-c4ccc5nc([C@@H]6CCCN6C(=O)[C@@H](NC(=O)OC)C(C)C)[nH]c5c4)cc3F)cc2C1)C(C)C. The fourth-order valence-electron chi connectivity index (χ4n) is 8.38. The van der Waals surface area contributed by atoms with E-state index >= 15 is 8.78 Å². The summed E-state index contributed by atoms with van der Waals surface area (Å²) in [4.78, 5) is 67.7. The van der Waals surface area contributed by atoms with Crippen molar-refractivity contribution in [2.45, 2.75) is 84.0 Å². The molecule has 1 aromatic heterocycles. The van der Waals surface area contributed by atoms with Crippen molar-refractivity contribution in [1.82, 2.24) is 30.4 Å². The number of amides is 4. The van der Waals surface area contributed by atoms with Crippen LogP contribution in [0.1, 0.15) is 70.8 Å². The first kappa shape index (κ1) is 40.3. The number of hydrogen-bond acceptors (Lipinski definition) is 8. The van der Waals surface area contributed by atoms with E-state index in [0.29, 0.717) is 53.9 Å². The number of imidazole rings is 1. The van der Waals surface area contributed by atoms with Crippen LogP contribution in [0.25, 0.3) is 33.3 Å². The van der Waals surface area contributed by atoms with Gasteiger partial charge in [0, 0.05) is 36.3 Å². The van der Waals surface area contributed by atoms with E-state index in [4.69, 9.17) is 19.5 Å². The normalized spacial score (nSPS) is 18.7. The molecule has 3 N–H and O–H groups in total. The highest BCUT2D eigenvalue weighted by molar-refractivity contribution is 6.01. The number of carbonyl (C=O) groups excluding carboxylic acids is 4. The van der Waals surface area contributed by atoms with Gasteiger partial charge in [-0.25, -0.2) is 23.4 Å². The van der Waals surface area contributed by atoms with Gasteiger partial charge in [-0.1, -0.05) is 39.8 Å². The number of aliphatic imine (C=N–C) groups is 1. The van der Waals surface area contributed by atoms with Crippen LogP contribution in [0, 0.1) is 23.5 Å². The minimum absolute atomic E-state index is 0.0878. The lowest BCUT2D eigenvalue weighted by Crippen LogP contribution is -2.53. The van der Waals surface area contributed by atoms with Crippen molar-refractivity contribution in [2.24, 2.45) is 16.8 Å². The molecule has 0 unspecified atom stereocenters. The molecule has 0 aliphatic carbocycles. The molecular weight excluding hydrogens is 749 g/mol. The van der Waals surface area contributed by atoms with Gasteiger partial charge in [0.25, 0.3) is 0 Å². The summed E-state index contributed by atoms with van der Waals surface area (Å²) in [5, 5.41) is 5.32. The lowest BCUT2D eigenvalue weighted by Gasteiger charge is -2.30. The maximum Gasteiger partial charge on any atom is 0.407 e. The molecule has 4 heterocycles. The second-order valence-electron chi connectivity index (χ2n) is 15.9. The second kappa shape index (κ2) is 16.5. The molecule has 3 aliphatic rings. The smallest absolute Gasteiger partial charge is 0.407 e. The first-order chi connectivity index (χ1) is 27.8. The molecule has 4 aromatic rings. The van der Waals surface area contributed by atoms with Crippen LogP contribution in [0.2, 0.25) is 0 Å². The third-order valence-corrected chi connectivity index (χ3v) is 11.4. The largest absolute Gasteiger partial charge is 0.453 e. The van der Waals surface area contributed by atoms with Gasteiger partial charge in [0.1, 0.15) is 29.5 Å². The molecular formula is C43H49F2N7O6. The molecule has 0 bridgehead atoms. The van der Waals surface area contributed by atoms with E-state index in [2.05, 4.69) is 15.6 Å². The summed E-state index contributed by atoms with van der Waals surface area (Å²) in [6.45, 7) is 8.48. The highest BCUT2D eigenvalue weighted by Gasteiger charge is 2.40. The average molecular weight is 798 g/mol. The molecule has 13 nitrogen and oxygen atoms in total. The number of benzene rings is 3. The number of ether oxygens (including phenoxy) is 2. The second-order valence-corrected chi connectivity index (χ2v) is 15.9. The van der Waals surface area contributed by atoms with Gasteiger partial charge in [0.15, 0.2) is 0 Å². The third-order valence-electron chi connectivity index (χ3n) is 11.4. The highest BCUT2D eigenvalue weighted by Crippen LogP contribution is 2.38. The first-order valence-corrected chi connectivity index (χ1v) is 19.8. The van der Waals surface area contributed by atoms with E-state index in [1.807, 2.05) is 33.8 Å². The Labute approximate surface area is 335 Å². The summed E-state index contributed by atoms with van der Waals surface area (Å²) in [6, 6.07) is 10.8. The molecule has 3 aromatic carbocycles. The van der Waals surface area contributed by atoms with Crippen LogP contribution in [0.3, 0.4) is 0 Å². The number of nitrogens with zero attached hydrogens (tertiary/aromatic N) is 4. The Balaban J connectivity index is 1.08. The van der Waals surface area contributed by atoms with Crippen LogP contribution >= 0.6 is 0 Å². The number of alkyl carbamates (subject to hydrolysis) is 2. The standard InChI is InChI=1S/C43H49F2N7O6/c1-22(2)37(49-42(55)57-5)40(53)51-15-7-9-35(51)34-19-26-17-24(11-13-31(26)46-34)27-20-30(45)28(21-29(27)44)25-12-14-32-33(18-25)48-39(47-32)36-10-8-16-52(36)41(54)38(23(3)4)50-43(56)58-6/h11-14,17-18,20-23,35-38H,7-10,15-16,19H2,1-6H3,(H,47,48)(H,49,55)(H,50,56)/t35-,36-,37-,38-/m0/s1. The van der Waals surface area contributed by atoms with Crippen LogP contribution in [0.15, 0.2) is 53.5 Å². The molecule has 4 amide bonds. The summed E-state index contributed by atoms with van der Waals surface area (Å²) >= 11 is 0. The van der Waals surface area contributed by atoms with Crippen molar-refractivity contribution in [1.29, 1.82) is 0 Å².